The van der Waals surface area contributed by atoms with Crippen molar-refractivity contribution < 1.29 is 19.2 Å². The van der Waals surface area contributed by atoms with Crippen molar-refractivity contribution in [3.05, 3.63) is 69.6 Å². The van der Waals surface area contributed by atoms with E-state index >= 15 is 0 Å². The Labute approximate surface area is 170 Å². The van der Waals surface area contributed by atoms with E-state index in [2.05, 4.69) is 10.3 Å². The third kappa shape index (κ3) is 4.96. The van der Waals surface area contributed by atoms with E-state index < -0.39 is 4.92 Å². The summed E-state index contributed by atoms with van der Waals surface area (Å²) in [5.74, 6) is 0.888. The molecule has 0 atom stereocenters. The number of carbonyl (C=O) groups is 1. The number of carbonyl (C=O) groups excluding carboxylic acids is 1. The summed E-state index contributed by atoms with van der Waals surface area (Å²) in [6, 6.07) is 11.4. The summed E-state index contributed by atoms with van der Waals surface area (Å²) in [6.45, 7) is 0. The number of non-ortho nitro benzene ring substituents is 1. The monoisotopic (exact) mass is 411 g/mol. The van der Waals surface area contributed by atoms with Gasteiger partial charge < -0.3 is 9.47 Å². The van der Waals surface area contributed by atoms with Crippen LogP contribution in [-0.4, -0.2) is 30.0 Å². The molecule has 0 aliphatic carbocycles. The molecule has 2 aromatic carbocycles. The van der Waals surface area contributed by atoms with Crippen molar-refractivity contribution in [3.8, 4) is 22.8 Å². The van der Waals surface area contributed by atoms with Crippen LogP contribution in [0.15, 0.2) is 53.9 Å². The number of rotatable bonds is 7. The second-order valence-electron chi connectivity index (χ2n) is 5.78. The lowest BCUT2D eigenvalue weighted by Gasteiger charge is -2.07. The molecule has 0 fully saturated rings. The number of anilines is 1. The van der Waals surface area contributed by atoms with Gasteiger partial charge in [0.25, 0.3) is 5.69 Å². The van der Waals surface area contributed by atoms with Gasteiger partial charge >= 0.3 is 0 Å². The van der Waals surface area contributed by atoms with Crippen molar-refractivity contribution in [2.45, 2.75) is 0 Å². The summed E-state index contributed by atoms with van der Waals surface area (Å²) in [4.78, 5) is 27.0. The first-order valence-corrected chi connectivity index (χ1v) is 9.29. The number of hydrogen-bond acceptors (Lipinski definition) is 7. The first-order chi connectivity index (χ1) is 14.0. The molecule has 3 aromatic rings. The molecule has 148 valence electrons. The Morgan fingerprint density at radius 3 is 2.76 bits per heavy atom. The molecule has 0 aliphatic rings. The van der Waals surface area contributed by atoms with Crippen LogP contribution in [0.25, 0.3) is 17.3 Å². The predicted octanol–water partition coefficient (Wildman–Crippen LogP) is 4.39. The number of amides is 1. The average Bonchev–Trinajstić information content (AvgIpc) is 3.20. The van der Waals surface area contributed by atoms with E-state index in [1.807, 2.05) is 0 Å². The van der Waals surface area contributed by atoms with Gasteiger partial charge in [-0.1, -0.05) is 12.1 Å². The number of nitrogens with one attached hydrogen (secondary N) is 1. The van der Waals surface area contributed by atoms with Gasteiger partial charge in [-0.25, -0.2) is 4.98 Å². The summed E-state index contributed by atoms with van der Waals surface area (Å²) in [6.07, 6.45) is 2.98. The molecule has 1 amide bonds. The fourth-order valence-electron chi connectivity index (χ4n) is 2.52. The van der Waals surface area contributed by atoms with Crippen molar-refractivity contribution in [1.29, 1.82) is 0 Å². The third-order valence-electron chi connectivity index (χ3n) is 3.94. The zero-order valence-corrected chi connectivity index (χ0v) is 16.4. The van der Waals surface area contributed by atoms with E-state index in [1.54, 1.807) is 56.0 Å². The van der Waals surface area contributed by atoms with Gasteiger partial charge in [0, 0.05) is 34.7 Å². The van der Waals surface area contributed by atoms with E-state index in [0.29, 0.717) is 33.5 Å². The average molecular weight is 411 g/mol. The standard InChI is InChI=1S/C20H17N3O5S/c1-27-16-7-8-18(28-2)14(11-16)6-9-19(24)22-20-21-17(12-29-20)13-4-3-5-15(10-13)23(25)26/h3-12H,1-2H3,(H,21,22,24)/b9-6+. The smallest absolute Gasteiger partial charge is 0.270 e. The molecule has 1 aromatic heterocycles. The number of hydrogen-bond donors (Lipinski definition) is 1. The van der Waals surface area contributed by atoms with Gasteiger partial charge in [0.15, 0.2) is 5.13 Å². The molecule has 1 N–H and O–H groups in total. The quantitative estimate of drug-likeness (QED) is 0.351. The number of nitrogens with zero attached hydrogens (tertiary/aromatic N) is 2. The highest BCUT2D eigenvalue weighted by Crippen LogP contribution is 2.28. The Balaban J connectivity index is 1.72. The number of aromatic nitrogens is 1. The number of ether oxygens (including phenoxy) is 2. The van der Waals surface area contributed by atoms with Crippen molar-refractivity contribution >= 4 is 34.1 Å². The molecular weight excluding hydrogens is 394 g/mol. The highest BCUT2D eigenvalue weighted by Gasteiger charge is 2.11. The fraction of sp³-hybridized carbons (Fsp3) is 0.100. The Bertz CT molecular complexity index is 1080. The molecule has 8 nitrogen and oxygen atoms in total. The van der Waals surface area contributed by atoms with Gasteiger partial charge in [-0.3, -0.25) is 20.2 Å². The fourth-order valence-corrected chi connectivity index (χ4v) is 3.25. The zero-order valence-electron chi connectivity index (χ0n) is 15.6. The second kappa shape index (κ2) is 8.98. The summed E-state index contributed by atoms with van der Waals surface area (Å²) >= 11 is 1.23. The Morgan fingerprint density at radius 1 is 1.21 bits per heavy atom. The molecule has 0 unspecified atom stereocenters. The lowest BCUT2D eigenvalue weighted by atomic mass is 10.1. The topological polar surface area (TPSA) is 104 Å². The molecular formula is C20H17N3O5S. The highest BCUT2D eigenvalue weighted by molar-refractivity contribution is 7.14. The molecule has 3 rings (SSSR count). The molecule has 9 heteroatoms. The number of thiazole rings is 1. The van der Waals surface area contributed by atoms with Gasteiger partial charge in [-0.15, -0.1) is 11.3 Å². The van der Waals surface area contributed by atoms with Gasteiger partial charge in [-0.05, 0) is 24.3 Å². The maximum Gasteiger partial charge on any atom is 0.270 e. The van der Waals surface area contributed by atoms with E-state index in [4.69, 9.17) is 9.47 Å². The largest absolute Gasteiger partial charge is 0.497 e. The lowest BCUT2D eigenvalue weighted by Crippen LogP contribution is -2.07. The molecule has 0 bridgehead atoms. The first-order valence-electron chi connectivity index (χ1n) is 8.41. The van der Waals surface area contributed by atoms with Crippen LogP contribution in [0, 0.1) is 10.1 Å². The molecule has 0 radical (unpaired) electrons. The van der Waals surface area contributed by atoms with Gasteiger partial charge in [0.05, 0.1) is 24.8 Å². The van der Waals surface area contributed by atoms with Crippen LogP contribution in [0.2, 0.25) is 0 Å². The third-order valence-corrected chi connectivity index (χ3v) is 4.70. The van der Waals surface area contributed by atoms with Gasteiger partial charge in [0.2, 0.25) is 5.91 Å². The van der Waals surface area contributed by atoms with E-state index in [1.165, 1.54) is 29.5 Å². The maximum absolute atomic E-state index is 12.2. The maximum atomic E-state index is 12.2. The normalized spacial score (nSPS) is 10.7. The molecule has 0 spiro atoms. The first kappa shape index (κ1) is 20.0. The Morgan fingerprint density at radius 2 is 2.03 bits per heavy atom. The predicted molar refractivity (Wildman–Crippen MR) is 111 cm³/mol. The number of methoxy groups -OCH3 is 2. The van der Waals surface area contributed by atoms with Crippen LogP contribution in [0.3, 0.4) is 0 Å². The number of benzene rings is 2. The van der Waals surface area contributed by atoms with Crippen LogP contribution in [0.1, 0.15) is 5.56 Å². The zero-order chi connectivity index (χ0) is 20.8. The van der Waals surface area contributed by atoms with Gasteiger partial charge in [0.1, 0.15) is 11.5 Å². The summed E-state index contributed by atoms with van der Waals surface area (Å²) < 4.78 is 10.5. The van der Waals surface area contributed by atoms with Crippen molar-refractivity contribution in [2.24, 2.45) is 0 Å². The number of nitro groups is 1. The van der Waals surface area contributed by atoms with Crippen LogP contribution >= 0.6 is 11.3 Å². The molecule has 0 saturated carbocycles. The summed E-state index contributed by atoms with van der Waals surface area (Å²) in [5.41, 5.74) is 1.83. The minimum atomic E-state index is -0.462. The van der Waals surface area contributed by atoms with Crippen LogP contribution < -0.4 is 14.8 Å². The Hall–Kier alpha value is -3.72. The van der Waals surface area contributed by atoms with Crippen LogP contribution in [0.4, 0.5) is 10.8 Å². The molecule has 1 heterocycles. The number of nitro benzene ring substituents is 1. The lowest BCUT2D eigenvalue weighted by molar-refractivity contribution is -0.384. The van der Waals surface area contributed by atoms with Crippen molar-refractivity contribution in [1.82, 2.24) is 4.98 Å². The van der Waals surface area contributed by atoms with Crippen LogP contribution in [-0.2, 0) is 4.79 Å². The van der Waals surface area contributed by atoms with E-state index in [0.717, 1.165) is 0 Å². The Kier molecular flexibility index (Phi) is 6.20. The SMILES string of the molecule is COc1ccc(OC)c(/C=C/C(=O)Nc2nc(-c3cccc([N+](=O)[O-])c3)cs2)c1. The van der Waals surface area contributed by atoms with E-state index in [9.17, 15) is 14.9 Å². The highest BCUT2D eigenvalue weighted by atomic mass is 32.1. The second-order valence-corrected chi connectivity index (χ2v) is 6.63. The minimum Gasteiger partial charge on any atom is -0.497 e. The summed E-state index contributed by atoms with van der Waals surface area (Å²) in [7, 11) is 3.10. The van der Waals surface area contributed by atoms with E-state index in [-0.39, 0.29) is 11.6 Å². The van der Waals surface area contributed by atoms with Gasteiger partial charge in [-0.2, -0.15) is 0 Å². The molecule has 0 saturated heterocycles. The van der Waals surface area contributed by atoms with Crippen molar-refractivity contribution in [3.63, 3.8) is 0 Å². The van der Waals surface area contributed by atoms with Crippen LogP contribution in [0.5, 0.6) is 11.5 Å². The molecule has 0 aliphatic heterocycles. The summed E-state index contributed by atoms with van der Waals surface area (Å²) in [5, 5.41) is 15.7. The minimum absolute atomic E-state index is 0.0174. The molecule has 29 heavy (non-hydrogen) atoms. The van der Waals surface area contributed by atoms with Crippen molar-refractivity contribution in [2.75, 3.05) is 19.5 Å².